The highest BCUT2D eigenvalue weighted by Crippen LogP contribution is 2.37. The Hall–Kier alpha value is -2.41. The van der Waals surface area contributed by atoms with E-state index in [4.69, 9.17) is 4.74 Å². The van der Waals surface area contributed by atoms with Crippen molar-refractivity contribution in [3.8, 4) is 0 Å². The van der Waals surface area contributed by atoms with Crippen molar-refractivity contribution >= 4 is 6.09 Å². The molecular formula is C33H48N4O2. The van der Waals surface area contributed by atoms with Crippen LogP contribution in [0.3, 0.4) is 0 Å². The summed E-state index contributed by atoms with van der Waals surface area (Å²) in [5, 5.41) is 3.66. The van der Waals surface area contributed by atoms with Gasteiger partial charge in [0.2, 0.25) is 0 Å². The van der Waals surface area contributed by atoms with Gasteiger partial charge in [-0.25, -0.2) is 4.79 Å². The van der Waals surface area contributed by atoms with Crippen LogP contribution in [-0.2, 0) is 4.74 Å². The highest BCUT2D eigenvalue weighted by atomic mass is 16.6. The molecule has 0 radical (unpaired) electrons. The fourth-order valence-electron chi connectivity index (χ4n) is 6.10. The molecule has 4 atom stereocenters. The van der Waals surface area contributed by atoms with Crippen LogP contribution in [-0.4, -0.2) is 76.7 Å². The average Bonchev–Trinajstić information content (AvgIpc) is 3.83. The van der Waals surface area contributed by atoms with Crippen LogP contribution in [0.4, 0.5) is 4.79 Å². The summed E-state index contributed by atoms with van der Waals surface area (Å²) in [4.78, 5) is 19.9. The fourth-order valence-corrected chi connectivity index (χ4v) is 6.10. The van der Waals surface area contributed by atoms with Crippen LogP contribution in [0.1, 0.15) is 83.5 Å². The van der Waals surface area contributed by atoms with Crippen LogP contribution in [0.5, 0.6) is 0 Å². The first-order valence-electron chi connectivity index (χ1n) is 15.0. The molecule has 2 heterocycles. The second-order valence-corrected chi connectivity index (χ2v) is 13.0. The van der Waals surface area contributed by atoms with Crippen molar-refractivity contribution in [2.45, 2.75) is 102 Å². The summed E-state index contributed by atoms with van der Waals surface area (Å²) < 4.78 is 5.66. The summed E-state index contributed by atoms with van der Waals surface area (Å²) in [7, 11) is 0. The number of hydrogen-bond donors (Lipinski definition) is 1. The Morgan fingerprint density at radius 3 is 1.85 bits per heavy atom. The maximum atomic E-state index is 12.7. The number of hydrogen-bond acceptors (Lipinski definition) is 5. The molecule has 0 bridgehead atoms. The van der Waals surface area contributed by atoms with Crippen molar-refractivity contribution in [1.29, 1.82) is 0 Å². The maximum absolute atomic E-state index is 12.7. The van der Waals surface area contributed by atoms with E-state index in [2.05, 4.69) is 71.4 Å². The van der Waals surface area contributed by atoms with Crippen LogP contribution < -0.4 is 5.32 Å². The second kappa shape index (κ2) is 12.0. The second-order valence-electron chi connectivity index (χ2n) is 13.0. The predicted molar refractivity (Wildman–Crippen MR) is 158 cm³/mol. The molecule has 0 unspecified atom stereocenters. The number of piperazine rings is 2. The monoisotopic (exact) mass is 532 g/mol. The van der Waals surface area contributed by atoms with E-state index < -0.39 is 5.60 Å². The Labute approximate surface area is 235 Å². The van der Waals surface area contributed by atoms with E-state index in [-0.39, 0.29) is 12.1 Å². The molecule has 6 heteroatoms. The first kappa shape index (κ1) is 28.1. The Morgan fingerprint density at radius 1 is 0.769 bits per heavy atom. The van der Waals surface area contributed by atoms with Crippen LogP contribution in [0.2, 0.25) is 0 Å². The van der Waals surface area contributed by atoms with Gasteiger partial charge in [0.05, 0.1) is 6.04 Å². The standard InChI is InChI=1S/C19H28N2O2.C14H20N2/c1-14-12-21(18(22)23-19(2,3)4)17(13-20(14)16-10-11-16)15-8-6-5-7-9-15;1-11-9-15-14(10-16(11)13-7-8-13)12-5-3-2-4-6-12/h5-9,14,16-17H,10-13H2,1-4H3;2-6,11,13-15H,7-10H2,1H3/t14-,17-;11-,14-/m11/s1. The summed E-state index contributed by atoms with van der Waals surface area (Å²) >= 11 is 0. The van der Waals surface area contributed by atoms with Crippen molar-refractivity contribution in [2.75, 3.05) is 26.2 Å². The van der Waals surface area contributed by atoms with Gasteiger partial charge >= 0.3 is 6.09 Å². The quantitative estimate of drug-likeness (QED) is 0.522. The lowest BCUT2D eigenvalue weighted by Gasteiger charge is -2.45. The minimum atomic E-state index is -0.463. The molecule has 2 aromatic carbocycles. The predicted octanol–water partition coefficient (Wildman–Crippen LogP) is 6.02. The van der Waals surface area contributed by atoms with Crippen molar-refractivity contribution in [2.24, 2.45) is 0 Å². The summed E-state index contributed by atoms with van der Waals surface area (Å²) in [6.07, 6.45) is 5.20. The maximum Gasteiger partial charge on any atom is 0.410 e. The number of amides is 1. The normalized spacial score (nSPS) is 28.4. The van der Waals surface area contributed by atoms with Crippen molar-refractivity contribution in [3.05, 3.63) is 71.8 Å². The van der Waals surface area contributed by atoms with Gasteiger partial charge in [-0.2, -0.15) is 0 Å². The van der Waals surface area contributed by atoms with E-state index in [1.165, 1.54) is 43.4 Å². The number of benzene rings is 2. The molecule has 2 saturated heterocycles. The van der Waals surface area contributed by atoms with Gasteiger partial charge in [0.1, 0.15) is 5.60 Å². The average molecular weight is 533 g/mol. The van der Waals surface area contributed by atoms with Crippen LogP contribution in [0, 0.1) is 0 Å². The zero-order valence-corrected chi connectivity index (χ0v) is 24.6. The van der Waals surface area contributed by atoms with E-state index in [0.717, 1.165) is 25.7 Å². The van der Waals surface area contributed by atoms with E-state index >= 15 is 0 Å². The Bertz CT molecular complexity index is 1060. The molecule has 2 aliphatic heterocycles. The number of ether oxygens (including phenoxy) is 1. The van der Waals surface area contributed by atoms with Gasteiger partial charge in [0.15, 0.2) is 0 Å². The SMILES string of the molecule is C[C@@H]1CN(C(=O)OC(C)(C)C)[C@@H](c2ccccc2)CN1C1CC1.C[C@@H]1CN[C@@H](c2ccccc2)CN1C1CC1. The Kier molecular flexibility index (Phi) is 8.65. The molecule has 6 rings (SSSR count). The van der Waals surface area contributed by atoms with E-state index in [9.17, 15) is 4.79 Å². The molecule has 4 fully saturated rings. The number of carbonyl (C=O) groups is 1. The highest BCUT2D eigenvalue weighted by molar-refractivity contribution is 5.69. The molecule has 212 valence electrons. The zero-order valence-electron chi connectivity index (χ0n) is 24.6. The molecule has 0 spiro atoms. The largest absolute Gasteiger partial charge is 0.444 e. The first-order chi connectivity index (χ1) is 18.7. The number of nitrogens with zero attached hydrogens (tertiary/aromatic N) is 3. The van der Waals surface area contributed by atoms with Crippen molar-refractivity contribution in [1.82, 2.24) is 20.0 Å². The van der Waals surface area contributed by atoms with Gasteiger partial charge in [-0.05, 0) is 71.4 Å². The molecule has 1 N–H and O–H groups in total. The molecule has 6 nitrogen and oxygen atoms in total. The van der Waals surface area contributed by atoms with Gasteiger partial charge < -0.3 is 10.1 Å². The number of nitrogens with one attached hydrogen (secondary N) is 1. The summed E-state index contributed by atoms with van der Waals surface area (Å²) in [5.41, 5.74) is 2.16. The van der Waals surface area contributed by atoms with E-state index in [0.29, 0.717) is 24.2 Å². The molecule has 2 aromatic rings. The molecular weight excluding hydrogens is 484 g/mol. The van der Waals surface area contributed by atoms with Crippen molar-refractivity contribution < 1.29 is 9.53 Å². The van der Waals surface area contributed by atoms with Gasteiger partial charge in [-0.1, -0.05) is 60.7 Å². The smallest absolute Gasteiger partial charge is 0.410 e. The van der Waals surface area contributed by atoms with Gasteiger partial charge in [0.25, 0.3) is 0 Å². The third kappa shape index (κ3) is 7.41. The lowest BCUT2D eigenvalue weighted by molar-refractivity contribution is -0.0160. The third-order valence-electron chi connectivity index (χ3n) is 8.45. The molecule has 2 aliphatic carbocycles. The highest BCUT2D eigenvalue weighted by Gasteiger charge is 2.42. The van der Waals surface area contributed by atoms with Crippen LogP contribution in [0.25, 0.3) is 0 Å². The summed E-state index contributed by atoms with van der Waals surface area (Å²) in [6.45, 7) is 14.3. The first-order valence-corrected chi connectivity index (χ1v) is 15.0. The van der Waals surface area contributed by atoms with Gasteiger partial charge in [-0.15, -0.1) is 0 Å². The zero-order chi connectivity index (χ0) is 27.6. The Balaban J connectivity index is 0.000000168. The minimum absolute atomic E-state index is 0.0721. The molecule has 0 aromatic heterocycles. The van der Waals surface area contributed by atoms with Crippen LogP contribution in [0.15, 0.2) is 60.7 Å². The van der Waals surface area contributed by atoms with Crippen LogP contribution >= 0.6 is 0 Å². The molecule has 1 amide bonds. The number of carbonyl (C=O) groups excluding carboxylic acids is 1. The van der Waals surface area contributed by atoms with Crippen molar-refractivity contribution in [3.63, 3.8) is 0 Å². The van der Waals surface area contributed by atoms with E-state index in [1.807, 2.05) is 43.9 Å². The topological polar surface area (TPSA) is 48.1 Å². The molecule has 4 aliphatic rings. The van der Waals surface area contributed by atoms with E-state index in [1.54, 1.807) is 0 Å². The molecule has 39 heavy (non-hydrogen) atoms. The Morgan fingerprint density at radius 2 is 1.31 bits per heavy atom. The molecule has 2 saturated carbocycles. The fraction of sp³-hybridized carbons (Fsp3) is 0.606. The number of rotatable bonds is 4. The lowest BCUT2D eigenvalue weighted by atomic mass is 10.00. The van der Waals surface area contributed by atoms with Gasteiger partial charge in [0, 0.05) is 56.4 Å². The third-order valence-corrected chi connectivity index (χ3v) is 8.45. The minimum Gasteiger partial charge on any atom is -0.444 e. The summed E-state index contributed by atoms with van der Waals surface area (Å²) in [5.74, 6) is 0. The lowest BCUT2D eigenvalue weighted by Crippen LogP contribution is -2.56. The van der Waals surface area contributed by atoms with Gasteiger partial charge in [-0.3, -0.25) is 14.7 Å². The summed E-state index contributed by atoms with van der Waals surface area (Å²) in [6, 6.07) is 24.4.